The second-order valence-corrected chi connectivity index (χ2v) is 16.5. The Balaban J connectivity index is 1.25. The Hall–Kier alpha value is -7.43. The molecule has 0 bridgehead atoms. The number of nitrogens with zero attached hydrogens (tertiary/aromatic N) is 4. The van der Waals surface area contributed by atoms with E-state index in [1.54, 1.807) is 0 Å². The third kappa shape index (κ3) is 8.08. The van der Waals surface area contributed by atoms with Crippen molar-refractivity contribution in [3.63, 3.8) is 0 Å². The molecule has 8 aromatic carbocycles. The zero-order chi connectivity index (χ0) is 42.7. The molecule has 0 N–H and O–H groups in total. The first kappa shape index (κ1) is 40.0. The Kier molecular flexibility index (Phi) is 11.1. The molecule has 1 heterocycles. The molecule has 0 saturated heterocycles. The first-order valence-electron chi connectivity index (χ1n) is 21.4. The van der Waals surface area contributed by atoms with Gasteiger partial charge >= 0.3 is 0 Å². The monoisotopic (exact) mass is 802 g/mol. The first-order chi connectivity index (χ1) is 30.2. The van der Waals surface area contributed by atoms with Gasteiger partial charge in [0.1, 0.15) is 0 Å². The molecule has 302 valence electrons. The standard InChI is InChI=1S/C58H50N4/c1-38-34-40(3)53(41(4)35-38)55(54-42(5)36-39(2)37-43(54)6)47-30-32-50(33-31-47)62(52-25-17-16-24-51(52)46-20-12-8-13-21-46)58-60-56(48-22-14-9-15-23-48)59-57(61-58)49-28-26-45(27-29-49)44-18-10-7-11-19-44/h7-37,55H,1-6H3. The average Bonchev–Trinajstić information content (AvgIpc) is 3.29. The van der Waals surface area contributed by atoms with Crippen LogP contribution >= 0.6 is 0 Å². The number of aryl methyl sites for hydroxylation is 6. The molecule has 4 heteroatoms. The zero-order valence-corrected chi connectivity index (χ0v) is 36.3. The van der Waals surface area contributed by atoms with Crippen LogP contribution in [0.3, 0.4) is 0 Å². The predicted molar refractivity (Wildman–Crippen MR) is 259 cm³/mol. The van der Waals surface area contributed by atoms with E-state index in [1.807, 2.05) is 24.3 Å². The van der Waals surface area contributed by atoms with Crippen molar-refractivity contribution in [3.8, 4) is 45.0 Å². The lowest BCUT2D eigenvalue weighted by atomic mass is 9.77. The van der Waals surface area contributed by atoms with Crippen LogP contribution in [0.4, 0.5) is 17.3 Å². The molecule has 0 atom stereocenters. The average molecular weight is 803 g/mol. The smallest absolute Gasteiger partial charge is 0.238 e. The Morgan fingerprint density at radius 3 is 1.29 bits per heavy atom. The maximum atomic E-state index is 5.34. The second-order valence-electron chi connectivity index (χ2n) is 16.5. The Labute approximate surface area is 366 Å². The molecular formula is C58H50N4. The second kappa shape index (κ2) is 17.3. The molecular weight excluding hydrogens is 753 g/mol. The fourth-order valence-corrected chi connectivity index (χ4v) is 9.23. The zero-order valence-electron chi connectivity index (χ0n) is 36.3. The van der Waals surface area contributed by atoms with Gasteiger partial charge in [0.05, 0.1) is 5.69 Å². The number of hydrogen-bond acceptors (Lipinski definition) is 4. The van der Waals surface area contributed by atoms with E-state index in [-0.39, 0.29) is 5.92 Å². The molecule has 0 aliphatic carbocycles. The van der Waals surface area contributed by atoms with Crippen molar-refractivity contribution >= 4 is 17.3 Å². The van der Waals surface area contributed by atoms with Crippen LogP contribution in [0.2, 0.25) is 0 Å². The largest absolute Gasteiger partial charge is 0.278 e. The van der Waals surface area contributed by atoms with Crippen molar-refractivity contribution in [2.24, 2.45) is 0 Å². The summed E-state index contributed by atoms with van der Waals surface area (Å²) in [4.78, 5) is 18.0. The van der Waals surface area contributed by atoms with Gasteiger partial charge in [0.2, 0.25) is 5.95 Å². The van der Waals surface area contributed by atoms with Crippen molar-refractivity contribution < 1.29 is 0 Å². The Bertz CT molecular complexity index is 2890. The Morgan fingerprint density at radius 2 is 0.774 bits per heavy atom. The van der Waals surface area contributed by atoms with Crippen molar-refractivity contribution in [1.82, 2.24) is 15.0 Å². The van der Waals surface area contributed by atoms with E-state index >= 15 is 0 Å². The van der Waals surface area contributed by atoms with Crippen LogP contribution in [0.1, 0.15) is 56.0 Å². The molecule has 9 rings (SSSR count). The van der Waals surface area contributed by atoms with Gasteiger partial charge in [-0.25, -0.2) is 4.98 Å². The van der Waals surface area contributed by atoms with Gasteiger partial charge in [-0.2, -0.15) is 9.97 Å². The van der Waals surface area contributed by atoms with Crippen molar-refractivity contribution in [3.05, 3.63) is 238 Å². The maximum absolute atomic E-state index is 5.34. The van der Waals surface area contributed by atoms with Crippen molar-refractivity contribution in [2.45, 2.75) is 47.5 Å². The molecule has 0 radical (unpaired) electrons. The predicted octanol–water partition coefficient (Wildman–Crippen LogP) is 15.0. The lowest BCUT2D eigenvalue weighted by Crippen LogP contribution is -2.16. The van der Waals surface area contributed by atoms with E-state index in [0.29, 0.717) is 17.6 Å². The summed E-state index contributed by atoms with van der Waals surface area (Å²) < 4.78 is 0. The van der Waals surface area contributed by atoms with Gasteiger partial charge in [-0.3, -0.25) is 4.90 Å². The number of aromatic nitrogens is 3. The summed E-state index contributed by atoms with van der Waals surface area (Å²) in [7, 11) is 0. The van der Waals surface area contributed by atoms with Crippen LogP contribution in [0.25, 0.3) is 45.0 Å². The van der Waals surface area contributed by atoms with Crippen LogP contribution in [0.5, 0.6) is 0 Å². The van der Waals surface area contributed by atoms with Crippen LogP contribution < -0.4 is 4.90 Å². The lowest BCUT2D eigenvalue weighted by molar-refractivity contribution is 0.919. The molecule has 4 nitrogen and oxygen atoms in total. The fourth-order valence-electron chi connectivity index (χ4n) is 9.23. The van der Waals surface area contributed by atoms with Gasteiger partial charge in [0.15, 0.2) is 11.6 Å². The van der Waals surface area contributed by atoms with E-state index in [4.69, 9.17) is 15.0 Å². The highest BCUT2D eigenvalue weighted by Crippen LogP contribution is 2.44. The minimum atomic E-state index is 0.0441. The third-order valence-electron chi connectivity index (χ3n) is 11.9. The number of rotatable bonds is 10. The molecule has 0 spiro atoms. The van der Waals surface area contributed by atoms with Gasteiger partial charge in [0.25, 0.3) is 0 Å². The van der Waals surface area contributed by atoms with E-state index in [9.17, 15) is 0 Å². The quantitative estimate of drug-likeness (QED) is 0.129. The van der Waals surface area contributed by atoms with Gasteiger partial charge in [-0.05, 0) is 115 Å². The number of anilines is 3. The summed E-state index contributed by atoms with van der Waals surface area (Å²) in [5.74, 6) is 1.78. The van der Waals surface area contributed by atoms with Crippen LogP contribution in [-0.4, -0.2) is 15.0 Å². The van der Waals surface area contributed by atoms with Crippen LogP contribution in [0.15, 0.2) is 188 Å². The summed E-state index contributed by atoms with van der Waals surface area (Å²) in [6.45, 7) is 13.4. The van der Waals surface area contributed by atoms with E-state index in [0.717, 1.165) is 44.8 Å². The highest BCUT2D eigenvalue weighted by Gasteiger charge is 2.27. The highest BCUT2D eigenvalue weighted by molar-refractivity contribution is 5.87. The maximum Gasteiger partial charge on any atom is 0.238 e. The third-order valence-corrected chi connectivity index (χ3v) is 11.9. The number of benzene rings is 8. The fraction of sp³-hybridized carbons (Fsp3) is 0.121. The Morgan fingerprint density at radius 1 is 0.371 bits per heavy atom. The topological polar surface area (TPSA) is 41.9 Å². The van der Waals surface area contributed by atoms with Gasteiger partial charge in [0, 0.05) is 28.3 Å². The summed E-state index contributed by atoms with van der Waals surface area (Å²) in [5, 5.41) is 0. The van der Waals surface area contributed by atoms with Gasteiger partial charge in [-0.15, -0.1) is 0 Å². The molecule has 0 unspecified atom stereocenters. The molecule has 0 fully saturated rings. The van der Waals surface area contributed by atoms with Crippen LogP contribution in [-0.2, 0) is 0 Å². The van der Waals surface area contributed by atoms with Gasteiger partial charge < -0.3 is 0 Å². The molecule has 62 heavy (non-hydrogen) atoms. The SMILES string of the molecule is Cc1cc(C)c(C(c2ccc(N(c3nc(-c4ccccc4)nc(-c4ccc(-c5ccccc5)cc4)n3)c3ccccc3-c3ccccc3)cc2)c2c(C)cc(C)cc2C)c(C)c1. The summed E-state index contributed by atoms with van der Waals surface area (Å²) in [6.07, 6.45) is 0. The molecule has 9 aromatic rings. The minimum absolute atomic E-state index is 0.0441. The summed E-state index contributed by atoms with van der Waals surface area (Å²) >= 11 is 0. The first-order valence-corrected chi connectivity index (χ1v) is 21.4. The van der Waals surface area contributed by atoms with E-state index in [1.165, 1.54) is 50.1 Å². The van der Waals surface area contributed by atoms with Crippen LogP contribution in [0, 0.1) is 41.5 Å². The minimum Gasteiger partial charge on any atom is -0.278 e. The number of hydrogen-bond donors (Lipinski definition) is 0. The lowest BCUT2D eigenvalue weighted by Gasteiger charge is -2.29. The van der Waals surface area contributed by atoms with Crippen molar-refractivity contribution in [2.75, 3.05) is 4.90 Å². The van der Waals surface area contributed by atoms with E-state index in [2.05, 4.69) is 210 Å². The molecule has 1 aromatic heterocycles. The molecule has 0 amide bonds. The summed E-state index contributed by atoms with van der Waals surface area (Å²) in [6, 6.07) is 66.6. The van der Waals surface area contributed by atoms with Gasteiger partial charge in [-0.1, -0.05) is 181 Å². The molecule has 0 saturated carbocycles. The van der Waals surface area contributed by atoms with E-state index < -0.39 is 0 Å². The summed E-state index contributed by atoms with van der Waals surface area (Å²) in [5.41, 5.74) is 19.9. The molecule has 0 aliphatic rings. The molecule has 0 aliphatic heterocycles. The highest BCUT2D eigenvalue weighted by atomic mass is 15.3. The van der Waals surface area contributed by atoms with Crippen molar-refractivity contribution in [1.29, 1.82) is 0 Å². The number of para-hydroxylation sites is 1. The normalized spacial score (nSPS) is 11.2.